The predicted octanol–water partition coefficient (Wildman–Crippen LogP) is 16.7. The molecule has 5 fully saturated rings. The number of fused-ring (bicyclic) bond motifs is 7. The van der Waals surface area contributed by atoms with Crippen LogP contribution in [0.25, 0.3) is 49.7 Å². The molecule has 0 N–H and O–H groups in total. The SMILES string of the molecule is CC1(C)c2cc(N(c3ccc(C4CCCCC4)cc3)c3ccc(C45CC6CC(CC(C6)C4)C5)cc3)c(-c3ccccc3)cc2-c2ccc3c4ccccc4n(-c4ccccc4)c3c21. The van der Waals surface area contributed by atoms with Crippen LogP contribution in [-0.2, 0) is 10.8 Å². The zero-order valence-electron chi connectivity index (χ0n) is 37.0. The Bertz CT molecular complexity index is 2980. The standard InChI is InChI=1S/C61H58N2/c1-60(2)55-36-57(53(45-16-8-4-9-17-45)35-54(55)51-30-31-52-50-20-12-13-21-56(50)63(59(52)58(51)60)47-18-10-5-11-19-47)62(48-26-22-44(23-27-48)43-14-6-3-7-15-43)49-28-24-46(25-29-49)61-37-40-32-41(38-61)34-42(33-40)39-61/h4-5,8-13,16-31,35-36,40-43H,3,6-7,14-15,32-34,37-39H2,1-2H3. The molecule has 7 aromatic carbocycles. The van der Waals surface area contributed by atoms with Crippen molar-refractivity contribution in [2.45, 2.75) is 101 Å². The molecule has 0 amide bonds. The average molecular weight is 819 g/mol. The maximum atomic E-state index is 2.60. The first-order chi connectivity index (χ1) is 30.9. The molecule has 0 radical (unpaired) electrons. The van der Waals surface area contributed by atoms with E-state index in [-0.39, 0.29) is 5.41 Å². The highest BCUT2D eigenvalue weighted by molar-refractivity contribution is 6.13. The van der Waals surface area contributed by atoms with Gasteiger partial charge in [-0.05, 0) is 174 Å². The van der Waals surface area contributed by atoms with Gasteiger partial charge in [0.25, 0.3) is 0 Å². The third-order valence-corrected chi connectivity index (χ3v) is 16.9. The van der Waals surface area contributed by atoms with E-state index in [2.05, 4.69) is 181 Å². The molecular weight excluding hydrogens is 761 g/mol. The summed E-state index contributed by atoms with van der Waals surface area (Å²) in [6, 6.07) is 60.9. The number of aromatic nitrogens is 1. The van der Waals surface area contributed by atoms with Crippen LogP contribution in [0.5, 0.6) is 0 Å². The van der Waals surface area contributed by atoms with Crippen molar-refractivity contribution in [1.29, 1.82) is 0 Å². The molecule has 0 unspecified atom stereocenters. The Morgan fingerprint density at radius 1 is 0.540 bits per heavy atom. The first kappa shape index (κ1) is 37.7. The molecule has 0 spiro atoms. The zero-order valence-corrected chi connectivity index (χ0v) is 37.0. The van der Waals surface area contributed by atoms with Gasteiger partial charge in [0.15, 0.2) is 0 Å². The second-order valence-corrected chi connectivity index (χ2v) is 21.0. The van der Waals surface area contributed by atoms with Crippen molar-refractivity contribution in [1.82, 2.24) is 4.57 Å². The molecule has 8 aromatic rings. The van der Waals surface area contributed by atoms with Crippen LogP contribution in [0.15, 0.2) is 158 Å². The molecule has 5 saturated carbocycles. The number of para-hydroxylation sites is 2. The van der Waals surface area contributed by atoms with Crippen LogP contribution in [-0.4, -0.2) is 4.57 Å². The molecule has 312 valence electrons. The van der Waals surface area contributed by atoms with Gasteiger partial charge in [-0.3, -0.25) is 0 Å². The molecular formula is C61H58N2. The van der Waals surface area contributed by atoms with E-state index in [1.807, 2.05) is 0 Å². The molecule has 1 heterocycles. The van der Waals surface area contributed by atoms with Crippen molar-refractivity contribution in [3.8, 4) is 27.9 Å². The normalized spacial score (nSPS) is 23.3. The van der Waals surface area contributed by atoms with Crippen LogP contribution in [0.1, 0.15) is 113 Å². The Kier molecular flexibility index (Phi) is 8.57. The largest absolute Gasteiger partial charge is 0.310 e. The fraction of sp³-hybridized carbons (Fsp3) is 0.311. The van der Waals surface area contributed by atoms with Gasteiger partial charge in [-0.2, -0.15) is 0 Å². The van der Waals surface area contributed by atoms with Gasteiger partial charge in [-0.25, -0.2) is 0 Å². The van der Waals surface area contributed by atoms with Gasteiger partial charge >= 0.3 is 0 Å². The minimum Gasteiger partial charge on any atom is -0.310 e. The molecule has 2 heteroatoms. The molecule has 2 nitrogen and oxygen atoms in total. The van der Waals surface area contributed by atoms with Gasteiger partial charge in [0, 0.05) is 38.8 Å². The topological polar surface area (TPSA) is 8.17 Å². The molecule has 14 rings (SSSR count). The van der Waals surface area contributed by atoms with Crippen molar-refractivity contribution in [2.75, 3.05) is 4.90 Å². The van der Waals surface area contributed by atoms with E-state index < -0.39 is 0 Å². The maximum Gasteiger partial charge on any atom is 0.0588 e. The number of hydrogen-bond donors (Lipinski definition) is 0. The van der Waals surface area contributed by atoms with E-state index in [1.165, 1.54) is 154 Å². The van der Waals surface area contributed by atoms with Crippen molar-refractivity contribution >= 4 is 38.9 Å². The summed E-state index contributed by atoms with van der Waals surface area (Å²) in [5.41, 5.74) is 18.7. The zero-order chi connectivity index (χ0) is 41.9. The van der Waals surface area contributed by atoms with Gasteiger partial charge in [0.05, 0.1) is 16.7 Å². The molecule has 63 heavy (non-hydrogen) atoms. The number of hydrogen-bond acceptors (Lipinski definition) is 1. The van der Waals surface area contributed by atoms with E-state index in [9.17, 15) is 0 Å². The Hall–Kier alpha value is -5.86. The van der Waals surface area contributed by atoms with E-state index >= 15 is 0 Å². The summed E-state index contributed by atoms with van der Waals surface area (Å²) >= 11 is 0. The highest BCUT2D eigenvalue weighted by atomic mass is 15.1. The van der Waals surface area contributed by atoms with Gasteiger partial charge < -0.3 is 9.47 Å². The average Bonchev–Trinajstić information content (AvgIpc) is 3.77. The minimum absolute atomic E-state index is 0.270. The Balaban J connectivity index is 1.01. The summed E-state index contributed by atoms with van der Waals surface area (Å²) in [5.74, 6) is 3.45. The van der Waals surface area contributed by atoms with E-state index in [0.717, 1.165) is 17.8 Å². The van der Waals surface area contributed by atoms with E-state index in [0.29, 0.717) is 11.3 Å². The van der Waals surface area contributed by atoms with Crippen LogP contribution in [0.2, 0.25) is 0 Å². The first-order valence-corrected chi connectivity index (χ1v) is 24.3. The molecule has 0 aliphatic heterocycles. The molecule has 0 atom stereocenters. The first-order valence-electron chi connectivity index (χ1n) is 24.3. The summed E-state index contributed by atoms with van der Waals surface area (Å²) in [4.78, 5) is 2.60. The summed E-state index contributed by atoms with van der Waals surface area (Å²) in [7, 11) is 0. The maximum absolute atomic E-state index is 2.60. The molecule has 4 bridgehead atoms. The predicted molar refractivity (Wildman–Crippen MR) is 264 cm³/mol. The molecule has 1 aromatic heterocycles. The summed E-state index contributed by atoms with van der Waals surface area (Å²) in [6.07, 6.45) is 15.3. The lowest BCUT2D eigenvalue weighted by Gasteiger charge is -2.57. The highest BCUT2D eigenvalue weighted by Crippen LogP contribution is 2.61. The lowest BCUT2D eigenvalue weighted by atomic mass is 9.48. The monoisotopic (exact) mass is 818 g/mol. The van der Waals surface area contributed by atoms with Gasteiger partial charge in [-0.15, -0.1) is 0 Å². The van der Waals surface area contributed by atoms with Crippen LogP contribution in [0.3, 0.4) is 0 Å². The smallest absolute Gasteiger partial charge is 0.0588 e. The van der Waals surface area contributed by atoms with E-state index in [4.69, 9.17) is 0 Å². The molecule has 0 saturated heterocycles. The minimum atomic E-state index is -0.270. The lowest BCUT2D eigenvalue weighted by Crippen LogP contribution is -2.48. The molecule has 6 aliphatic carbocycles. The highest BCUT2D eigenvalue weighted by Gasteiger charge is 2.51. The Labute approximate surface area is 373 Å². The second-order valence-electron chi connectivity index (χ2n) is 21.0. The van der Waals surface area contributed by atoms with Crippen LogP contribution in [0, 0.1) is 17.8 Å². The van der Waals surface area contributed by atoms with Gasteiger partial charge in [-0.1, -0.05) is 136 Å². The summed E-state index contributed by atoms with van der Waals surface area (Å²) in [5, 5.41) is 2.62. The van der Waals surface area contributed by atoms with Crippen LogP contribution in [0.4, 0.5) is 17.1 Å². The van der Waals surface area contributed by atoms with Crippen LogP contribution >= 0.6 is 0 Å². The van der Waals surface area contributed by atoms with Gasteiger partial charge in [0.1, 0.15) is 0 Å². The lowest BCUT2D eigenvalue weighted by molar-refractivity contribution is -0.00518. The van der Waals surface area contributed by atoms with Crippen molar-refractivity contribution < 1.29 is 0 Å². The van der Waals surface area contributed by atoms with Crippen molar-refractivity contribution in [3.63, 3.8) is 0 Å². The third kappa shape index (κ3) is 5.89. The fourth-order valence-electron chi connectivity index (χ4n) is 14.4. The number of anilines is 3. The quantitative estimate of drug-likeness (QED) is 0.156. The fourth-order valence-corrected chi connectivity index (χ4v) is 14.4. The second kappa shape index (κ2) is 14.3. The summed E-state index contributed by atoms with van der Waals surface area (Å²) < 4.78 is 2.53. The van der Waals surface area contributed by atoms with Gasteiger partial charge in [0.2, 0.25) is 0 Å². The number of nitrogens with zero attached hydrogens (tertiary/aromatic N) is 2. The van der Waals surface area contributed by atoms with E-state index in [1.54, 1.807) is 5.56 Å². The third-order valence-electron chi connectivity index (χ3n) is 16.9. The Morgan fingerprint density at radius 2 is 1.16 bits per heavy atom. The Morgan fingerprint density at radius 3 is 1.84 bits per heavy atom. The van der Waals surface area contributed by atoms with Crippen molar-refractivity contribution in [3.05, 3.63) is 180 Å². The van der Waals surface area contributed by atoms with Crippen molar-refractivity contribution in [2.24, 2.45) is 17.8 Å². The number of rotatable bonds is 7. The van der Waals surface area contributed by atoms with Crippen LogP contribution < -0.4 is 4.90 Å². The summed E-state index contributed by atoms with van der Waals surface area (Å²) in [6.45, 7) is 4.94. The number of benzene rings is 7. The molecule has 6 aliphatic rings.